The number of hydrogen-bond donors (Lipinski definition) is 0. The molecule has 0 N–H and O–H groups in total. The second kappa shape index (κ2) is 6.05. The zero-order valence-electron chi connectivity index (χ0n) is 9.50. The molecule has 0 saturated heterocycles. The van der Waals surface area contributed by atoms with E-state index in [9.17, 15) is 9.18 Å². The summed E-state index contributed by atoms with van der Waals surface area (Å²) in [5, 5.41) is 0. The fourth-order valence-electron chi connectivity index (χ4n) is 1.39. The van der Waals surface area contributed by atoms with Gasteiger partial charge in [-0.05, 0) is 42.7 Å². The topological polar surface area (TPSA) is 26.3 Å². The number of ether oxygens (including phenoxy) is 1. The number of aryl methyl sites for hydroxylation is 1. The van der Waals surface area contributed by atoms with Gasteiger partial charge in [-0.1, -0.05) is 13.0 Å². The summed E-state index contributed by atoms with van der Waals surface area (Å²) in [6, 6.07) is 4.51. The SMILES string of the molecule is CCOC(=O)C=Cc1ccc(F)cc1CC. The van der Waals surface area contributed by atoms with Crippen molar-refractivity contribution in [2.75, 3.05) is 6.61 Å². The third-order valence-electron chi connectivity index (χ3n) is 2.17. The molecule has 0 heterocycles. The Labute approximate surface area is 94.7 Å². The first kappa shape index (κ1) is 12.4. The summed E-state index contributed by atoms with van der Waals surface area (Å²) < 4.78 is 17.7. The number of carbonyl (C=O) groups is 1. The standard InChI is InChI=1S/C13H15FO2/c1-3-10-9-12(14)7-5-11(10)6-8-13(15)16-4-2/h5-9H,3-4H2,1-2H3. The molecule has 0 aliphatic rings. The van der Waals surface area contributed by atoms with Gasteiger partial charge < -0.3 is 4.74 Å². The molecule has 0 unspecified atom stereocenters. The van der Waals surface area contributed by atoms with Gasteiger partial charge in [0.05, 0.1) is 6.61 Å². The molecule has 3 heteroatoms. The van der Waals surface area contributed by atoms with Crippen LogP contribution in [0, 0.1) is 5.82 Å². The van der Waals surface area contributed by atoms with Gasteiger partial charge in [0.25, 0.3) is 0 Å². The van der Waals surface area contributed by atoms with Gasteiger partial charge in [-0.2, -0.15) is 0 Å². The zero-order chi connectivity index (χ0) is 12.0. The first-order valence-corrected chi connectivity index (χ1v) is 5.30. The Kier molecular flexibility index (Phi) is 4.70. The lowest BCUT2D eigenvalue weighted by Gasteiger charge is -2.03. The maximum absolute atomic E-state index is 12.9. The highest BCUT2D eigenvalue weighted by molar-refractivity contribution is 5.87. The summed E-state index contributed by atoms with van der Waals surface area (Å²) >= 11 is 0. The van der Waals surface area contributed by atoms with Crippen LogP contribution in [0.2, 0.25) is 0 Å². The van der Waals surface area contributed by atoms with Crippen LogP contribution >= 0.6 is 0 Å². The van der Waals surface area contributed by atoms with Crippen molar-refractivity contribution in [3.05, 3.63) is 41.2 Å². The van der Waals surface area contributed by atoms with Crippen LogP contribution in [0.1, 0.15) is 25.0 Å². The Morgan fingerprint density at radius 1 is 1.44 bits per heavy atom. The Balaban J connectivity index is 2.84. The number of rotatable bonds is 4. The van der Waals surface area contributed by atoms with E-state index >= 15 is 0 Å². The van der Waals surface area contributed by atoms with Crippen LogP contribution in [-0.2, 0) is 16.0 Å². The summed E-state index contributed by atoms with van der Waals surface area (Å²) in [6.07, 6.45) is 3.73. The predicted octanol–water partition coefficient (Wildman–Crippen LogP) is 2.96. The van der Waals surface area contributed by atoms with Crippen molar-refractivity contribution in [2.45, 2.75) is 20.3 Å². The fraction of sp³-hybridized carbons (Fsp3) is 0.308. The molecule has 0 amide bonds. The summed E-state index contributed by atoms with van der Waals surface area (Å²) in [5.74, 6) is -0.640. The molecule has 0 fully saturated rings. The molecule has 1 aromatic rings. The molecule has 0 aromatic heterocycles. The van der Waals surface area contributed by atoms with Crippen LogP contribution in [-0.4, -0.2) is 12.6 Å². The van der Waals surface area contributed by atoms with Crippen molar-refractivity contribution in [1.29, 1.82) is 0 Å². The molecule has 2 nitrogen and oxygen atoms in total. The minimum absolute atomic E-state index is 0.259. The maximum atomic E-state index is 12.9. The predicted molar refractivity (Wildman–Crippen MR) is 61.4 cm³/mol. The Morgan fingerprint density at radius 3 is 2.81 bits per heavy atom. The molecule has 0 aliphatic heterocycles. The van der Waals surface area contributed by atoms with Crippen LogP contribution in [0.5, 0.6) is 0 Å². The molecule has 0 saturated carbocycles. The number of carbonyl (C=O) groups excluding carboxylic acids is 1. The summed E-state index contributed by atoms with van der Waals surface area (Å²) in [4.78, 5) is 11.1. The van der Waals surface area contributed by atoms with Crippen molar-refractivity contribution in [3.8, 4) is 0 Å². The molecule has 1 aromatic carbocycles. The summed E-state index contributed by atoms with van der Waals surface area (Å²) in [5.41, 5.74) is 1.72. The molecule has 86 valence electrons. The number of hydrogen-bond acceptors (Lipinski definition) is 2. The molecule has 0 spiro atoms. The van der Waals surface area contributed by atoms with Crippen molar-refractivity contribution in [2.24, 2.45) is 0 Å². The highest BCUT2D eigenvalue weighted by atomic mass is 19.1. The fourth-order valence-corrected chi connectivity index (χ4v) is 1.39. The Bertz CT molecular complexity index is 397. The van der Waals surface area contributed by atoms with E-state index in [-0.39, 0.29) is 11.8 Å². The van der Waals surface area contributed by atoms with Crippen LogP contribution < -0.4 is 0 Å². The van der Waals surface area contributed by atoms with E-state index in [4.69, 9.17) is 4.74 Å². The van der Waals surface area contributed by atoms with Gasteiger partial charge in [-0.25, -0.2) is 9.18 Å². The van der Waals surface area contributed by atoms with Crippen LogP contribution in [0.3, 0.4) is 0 Å². The van der Waals surface area contributed by atoms with Gasteiger partial charge >= 0.3 is 5.97 Å². The third-order valence-corrected chi connectivity index (χ3v) is 2.17. The van der Waals surface area contributed by atoms with E-state index in [0.29, 0.717) is 6.61 Å². The highest BCUT2D eigenvalue weighted by Crippen LogP contribution is 2.13. The first-order valence-electron chi connectivity index (χ1n) is 5.30. The van der Waals surface area contributed by atoms with Crippen molar-refractivity contribution in [3.63, 3.8) is 0 Å². The number of esters is 1. The normalized spacial score (nSPS) is 10.7. The molecule has 1 rings (SSSR count). The molecular weight excluding hydrogens is 207 g/mol. The lowest BCUT2D eigenvalue weighted by Crippen LogP contribution is -1.99. The lowest BCUT2D eigenvalue weighted by molar-refractivity contribution is -0.137. The Hall–Kier alpha value is -1.64. The molecule has 0 atom stereocenters. The average Bonchev–Trinajstić information content (AvgIpc) is 2.27. The summed E-state index contributed by atoms with van der Waals surface area (Å²) in [6.45, 7) is 4.05. The minimum Gasteiger partial charge on any atom is -0.463 e. The number of halogens is 1. The second-order valence-corrected chi connectivity index (χ2v) is 3.28. The molecule has 16 heavy (non-hydrogen) atoms. The maximum Gasteiger partial charge on any atom is 0.330 e. The van der Waals surface area contributed by atoms with Crippen molar-refractivity contribution < 1.29 is 13.9 Å². The largest absolute Gasteiger partial charge is 0.463 e. The van der Waals surface area contributed by atoms with Crippen molar-refractivity contribution >= 4 is 12.0 Å². The van der Waals surface area contributed by atoms with Gasteiger partial charge in [-0.3, -0.25) is 0 Å². The number of benzene rings is 1. The monoisotopic (exact) mass is 222 g/mol. The van der Waals surface area contributed by atoms with Gasteiger partial charge in [0.15, 0.2) is 0 Å². The molecule has 0 radical (unpaired) electrons. The quantitative estimate of drug-likeness (QED) is 0.578. The van der Waals surface area contributed by atoms with E-state index in [1.807, 2.05) is 6.92 Å². The van der Waals surface area contributed by atoms with Crippen LogP contribution in [0.15, 0.2) is 24.3 Å². The van der Waals surface area contributed by atoms with Crippen LogP contribution in [0.4, 0.5) is 4.39 Å². The molecular formula is C13H15FO2. The molecule has 0 aliphatic carbocycles. The smallest absolute Gasteiger partial charge is 0.330 e. The highest BCUT2D eigenvalue weighted by Gasteiger charge is 2.00. The lowest BCUT2D eigenvalue weighted by atomic mass is 10.0. The van der Waals surface area contributed by atoms with Gasteiger partial charge in [0.1, 0.15) is 5.82 Å². The molecule has 0 bridgehead atoms. The van der Waals surface area contributed by atoms with Gasteiger partial charge in [0.2, 0.25) is 0 Å². The van der Waals surface area contributed by atoms with Crippen LogP contribution in [0.25, 0.3) is 6.08 Å². The van der Waals surface area contributed by atoms with E-state index < -0.39 is 0 Å². The summed E-state index contributed by atoms with van der Waals surface area (Å²) in [7, 11) is 0. The van der Waals surface area contributed by atoms with E-state index in [0.717, 1.165) is 17.5 Å². The second-order valence-electron chi connectivity index (χ2n) is 3.28. The Morgan fingerprint density at radius 2 is 2.19 bits per heavy atom. The van der Waals surface area contributed by atoms with E-state index in [1.54, 1.807) is 19.1 Å². The first-order chi connectivity index (χ1) is 7.67. The van der Waals surface area contributed by atoms with Crippen molar-refractivity contribution in [1.82, 2.24) is 0 Å². The van der Waals surface area contributed by atoms with E-state index in [2.05, 4.69) is 0 Å². The third kappa shape index (κ3) is 3.50. The average molecular weight is 222 g/mol. The van der Waals surface area contributed by atoms with Gasteiger partial charge in [0, 0.05) is 6.08 Å². The minimum atomic E-state index is -0.381. The van der Waals surface area contributed by atoms with Gasteiger partial charge in [-0.15, -0.1) is 0 Å². The zero-order valence-corrected chi connectivity index (χ0v) is 9.50. The van der Waals surface area contributed by atoms with E-state index in [1.165, 1.54) is 18.2 Å².